The van der Waals surface area contributed by atoms with Crippen molar-refractivity contribution >= 4 is 10.0 Å². The third-order valence-corrected chi connectivity index (χ3v) is 4.51. The van der Waals surface area contributed by atoms with Gasteiger partial charge >= 0.3 is 0 Å². The highest BCUT2D eigenvalue weighted by molar-refractivity contribution is 7.89. The van der Waals surface area contributed by atoms with Crippen molar-refractivity contribution in [3.05, 3.63) is 47.2 Å². The molecule has 0 aliphatic heterocycles. The molecule has 110 valence electrons. The van der Waals surface area contributed by atoms with Crippen LogP contribution in [0, 0.1) is 25.2 Å². The predicted octanol–water partition coefficient (Wildman–Crippen LogP) is 2.20. The van der Waals surface area contributed by atoms with E-state index in [4.69, 9.17) is 9.68 Å². The quantitative estimate of drug-likeness (QED) is 0.934. The second kappa shape index (κ2) is 5.68. The highest BCUT2D eigenvalue weighted by atomic mass is 32.2. The van der Waals surface area contributed by atoms with Gasteiger partial charge in [-0.05, 0) is 44.5 Å². The second-order valence-electron chi connectivity index (χ2n) is 4.74. The van der Waals surface area contributed by atoms with Gasteiger partial charge in [-0.3, -0.25) is 0 Å². The molecule has 1 aromatic heterocycles. The van der Waals surface area contributed by atoms with Crippen LogP contribution in [0.15, 0.2) is 33.7 Å². The molecule has 1 N–H and O–H groups in total. The highest BCUT2D eigenvalue weighted by Crippen LogP contribution is 2.19. The summed E-state index contributed by atoms with van der Waals surface area (Å²) in [5.41, 5.74) is 1.06. The van der Waals surface area contributed by atoms with Crippen molar-refractivity contribution in [3.63, 3.8) is 0 Å². The van der Waals surface area contributed by atoms with Gasteiger partial charge in [0.1, 0.15) is 5.76 Å². The third-order valence-electron chi connectivity index (χ3n) is 2.97. The lowest BCUT2D eigenvalue weighted by Gasteiger charge is -2.12. The molecular formula is C14H15N3O3S. The fourth-order valence-electron chi connectivity index (χ4n) is 1.85. The molecule has 1 unspecified atom stereocenters. The summed E-state index contributed by atoms with van der Waals surface area (Å²) in [5.74, 6) is 0.923. The Hall–Kier alpha value is -2.17. The summed E-state index contributed by atoms with van der Waals surface area (Å²) in [4.78, 5) is 4.11. The van der Waals surface area contributed by atoms with Gasteiger partial charge in [0.2, 0.25) is 15.9 Å². The molecule has 2 aromatic rings. The minimum atomic E-state index is -3.71. The first kappa shape index (κ1) is 15.2. The molecule has 0 spiro atoms. The zero-order chi connectivity index (χ0) is 15.6. The molecule has 1 atom stereocenters. The Balaban J connectivity index is 2.26. The fourth-order valence-corrected chi connectivity index (χ4v) is 3.13. The van der Waals surface area contributed by atoms with Crippen molar-refractivity contribution in [1.29, 1.82) is 5.26 Å². The van der Waals surface area contributed by atoms with Crippen molar-refractivity contribution in [2.75, 3.05) is 0 Å². The van der Waals surface area contributed by atoms with Crippen LogP contribution in [-0.4, -0.2) is 13.4 Å². The number of nitrogens with one attached hydrogen (secondary N) is 1. The number of hydrogen-bond acceptors (Lipinski definition) is 5. The van der Waals surface area contributed by atoms with Crippen molar-refractivity contribution in [1.82, 2.24) is 9.71 Å². The van der Waals surface area contributed by atoms with E-state index in [0.29, 0.717) is 22.8 Å². The van der Waals surface area contributed by atoms with Gasteiger partial charge in [0.25, 0.3) is 0 Å². The normalized spacial score (nSPS) is 12.9. The largest absolute Gasteiger partial charge is 0.444 e. The molecule has 21 heavy (non-hydrogen) atoms. The van der Waals surface area contributed by atoms with Gasteiger partial charge in [0, 0.05) is 0 Å². The van der Waals surface area contributed by atoms with Gasteiger partial charge < -0.3 is 4.42 Å². The maximum Gasteiger partial charge on any atom is 0.241 e. The Morgan fingerprint density at radius 3 is 2.62 bits per heavy atom. The van der Waals surface area contributed by atoms with Gasteiger partial charge in [0.05, 0.1) is 28.8 Å². The van der Waals surface area contributed by atoms with Crippen LogP contribution in [-0.2, 0) is 10.0 Å². The third kappa shape index (κ3) is 3.29. The van der Waals surface area contributed by atoms with E-state index in [9.17, 15) is 8.42 Å². The van der Waals surface area contributed by atoms with Gasteiger partial charge in [-0.2, -0.15) is 9.98 Å². The zero-order valence-corrected chi connectivity index (χ0v) is 12.7. The highest BCUT2D eigenvalue weighted by Gasteiger charge is 2.21. The number of sulfonamides is 1. The minimum Gasteiger partial charge on any atom is -0.444 e. The van der Waals surface area contributed by atoms with E-state index in [2.05, 4.69) is 9.71 Å². The lowest BCUT2D eigenvalue weighted by molar-refractivity contribution is 0.428. The van der Waals surface area contributed by atoms with Gasteiger partial charge in [-0.15, -0.1) is 0 Å². The second-order valence-corrected chi connectivity index (χ2v) is 6.45. The predicted molar refractivity (Wildman–Crippen MR) is 75.9 cm³/mol. The molecule has 1 heterocycles. The molecule has 2 rings (SSSR count). The standard InChI is InChI=1S/C14H15N3O3S/c1-9-6-13(5-4-12(9)7-15)21(18,19)17-11(3)14-16-8-10(2)20-14/h4-6,8,11,17H,1-3H3. The smallest absolute Gasteiger partial charge is 0.241 e. The fraction of sp³-hybridized carbons (Fsp3) is 0.286. The Morgan fingerprint density at radius 1 is 1.38 bits per heavy atom. The van der Waals surface area contributed by atoms with Crippen molar-refractivity contribution in [3.8, 4) is 6.07 Å². The number of hydrogen-bond donors (Lipinski definition) is 1. The van der Waals surface area contributed by atoms with Crippen LogP contribution >= 0.6 is 0 Å². The first-order valence-corrected chi connectivity index (χ1v) is 7.77. The molecule has 0 saturated carbocycles. The molecular weight excluding hydrogens is 290 g/mol. The molecule has 0 amide bonds. The summed E-state index contributed by atoms with van der Waals surface area (Å²) in [6.45, 7) is 5.08. The van der Waals surface area contributed by atoms with Crippen LogP contribution in [0.5, 0.6) is 0 Å². The Morgan fingerprint density at radius 2 is 2.10 bits per heavy atom. The monoisotopic (exact) mass is 305 g/mol. The first-order chi connectivity index (χ1) is 9.83. The Kier molecular flexibility index (Phi) is 4.11. The van der Waals surface area contributed by atoms with E-state index >= 15 is 0 Å². The summed E-state index contributed by atoms with van der Waals surface area (Å²) in [6.07, 6.45) is 1.53. The van der Waals surface area contributed by atoms with E-state index in [-0.39, 0.29) is 4.90 Å². The first-order valence-electron chi connectivity index (χ1n) is 6.29. The topological polar surface area (TPSA) is 96.0 Å². The molecule has 0 fully saturated rings. The molecule has 0 aliphatic carbocycles. The molecule has 1 aromatic carbocycles. The summed E-state index contributed by atoms with van der Waals surface area (Å²) in [7, 11) is -3.71. The number of aryl methyl sites for hydroxylation is 2. The van der Waals surface area contributed by atoms with Crippen molar-refractivity contribution < 1.29 is 12.8 Å². The van der Waals surface area contributed by atoms with E-state index in [1.54, 1.807) is 20.8 Å². The van der Waals surface area contributed by atoms with E-state index < -0.39 is 16.1 Å². The zero-order valence-electron chi connectivity index (χ0n) is 11.9. The number of nitrogens with zero attached hydrogens (tertiary/aromatic N) is 2. The number of oxazole rings is 1. The molecule has 7 heteroatoms. The molecule has 0 bridgehead atoms. The van der Waals surface area contributed by atoms with Gasteiger partial charge in [-0.1, -0.05) is 0 Å². The minimum absolute atomic E-state index is 0.106. The summed E-state index contributed by atoms with van der Waals surface area (Å²) < 4.78 is 32.4. The average Bonchev–Trinajstić information content (AvgIpc) is 2.85. The van der Waals surface area contributed by atoms with Crippen LogP contribution in [0.4, 0.5) is 0 Å². The van der Waals surface area contributed by atoms with E-state index in [1.807, 2.05) is 6.07 Å². The van der Waals surface area contributed by atoms with Crippen LogP contribution in [0.3, 0.4) is 0 Å². The number of rotatable bonds is 4. The van der Waals surface area contributed by atoms with Crippen LogP contribution in [0.25, 0.3) is 0 Å². The average molecular weight is 305 g/mol. The van der Waals surface area contributed by atoms with Crippen LogP contribution in [0.1, 0.15) is 35.7 Å². The molecule has 0 aliphatic rings. The molecule has 0 saturated heterocycles. The Labute approximate surface area is 123 Å². The van der Waals surface area contributed by atoms with Crippen LogP contribution in [0.2, 0.25) is 0 Å². The number of benzene rings is 1. The summed E-state index contributed by atoms with van der Waals surface area (Å²) >= 11 is 0. The number of nitriles is 1. The maximum atomic E-state index is 12.3. The Bertz CT molecular complexity index is 803. The van der Waals surface area contributed by atoms with Crippen LogP contribution < -0.4 is 4.72 Å². The lowest BCUT2D eigenvalue weighted by Crippen LogP contribution is -2.27. The summed E-state index contributed by atoms with van der Waals surface area (Å²) in [5, 5.41) is 8.87. The van der Waals surface area contributed by atoms with Crippen molar-refractivity contribution in [2.45, 2.75) is 31.7 Å². The molecule has 0 radical (unpaired) electrons. The van der Waals surface area contributed by atoms with E-state index in [0.717, 1.165) is 0 Å². The van der Waals surface area contributed by atoms with Crippen molar-refractivity contribution in [2.24, 2.45) is 0 Å². The van der Waals surface area contributed by atoms with Gasteiger partial charge in [0.15, 0.2) is 0 Å². The summed E-state index contributed by atoms with van der Waals surface area (Å²) in [6, 6.07) is 5.78. The maximum absolute atomic E-state index is 12.3. The SMILES string of the molecule is Cc1cnc(C(C)NS(=O)(=O)c2ccc(C#N)c(C)c2)o1. The lowest BCUT2D eigenvalue weighted by atomic mass is 10.1. The van der Waals surface area contributed by atoms with Gasteiger partial charge in [-0.25, -0.2) is 13.4 Å². The number of aromatic nitrogens is 1. The molecule has 6 nitrogen and oxygen atoms in total. The van der Waals surface area contributed by atoms with E-state index in [1.165, 1.54) is 24.4 Å².